The van der Waals surface area contributed by atoms with Crippen molar-refractivity contribution in [3.63, 3.8) is 0 Å². The van der Waals surface area contributed by atoms with E-state index in [4.69, 9.17) is 15.2 Å². The summed E-state index contributed by atoms with van der Waals surface area (Å²) in [6.45, 7) is 10.4. The molecule has 8 aromatic heterocycles. The van der Waals surface area contributed by atoms with E-state index in [0.29, 0.717) is 54.7 Å². The largest absolute Gasteiger partial charge is 0.461 e. The molecule has 0 unspecified atom stereocenters. The van der Waals surface area contributed by atoms with Gasteiger partial charge in [-0.05, 0) is 62.4 Å². The van der Waals surface area contributed by atoms with Crippen LogP contribution in [0.25, 0.3) is 0 Å². The van der Waals surface area contributed by atoms with Gasteiger partial charge < -0.3 is 69.4 Å². The van der Waals surface area contributed by atoms with Crippen molar-refractivity contribution in [1.29, 1.82) is 0 Å². The molecule has 12 rings (SSSR count). The third-order valence-electron chi connectivity index (χ3n) is 16.7. The number of hydrogen-bond acceptors (Lipinski definition) is 19. The lowest BCUT2D eigenvalue weighted by atomic mass is 10.0. The van der Waals surface area contributed by atoms with Crippen molar-refractivity contribution < 1.29 is 105 Å². The Hall–Kier alpha value is -11.7. The van der Waals surface area contributed by atoms with Crippen molar-refractivity contribution >= 4 is 64.3 Å². The average molecular weight is 1570 g/mol. The van der Waals surface area contributed by atoms with Gasteiger partial charge in [0, 0.05) is 119 Å². The normalized spacial score (nSPS) is 14.3. The number of imidazole rings is 4. The number of pyridine rings is 4. The van der Waals surface area contributed by atoms with Crippen LogP contribution in [0.4, 0.5) is 98.6 Å². The molecule has 0 saturated heterocycles. The Morgan fingerprint density at radius 2 is 0.755 bits per heavy atom. The van der Waals surface area contributed by atoms with Crippen molar-refractivity contribution in [2.75, 3.05) is 61.1 Å². The zero-order chi connectivity index (χ0) is 80.3. The Labute approximate surface area is 616 Å². The standard InChI is InChI=1S/2C18H18F5N5O2.C16H17F2N5O3.C9H13N3O2.C6H6F2N2/c2*1-10(18(21,22)23)6-14(29)15-13-8-27(4-5-28(13)9-25-15)17(30)26-11-2-3-24-12(7-11)16(19)20;1-2-26-15(24)13-12-8-22(5-6-23(12)9-20-13)16(25)21-10-3-4-19-11(7-10)14(17)18;1-2-14-9(13)8-7-5-10-3-4-12(7)6-11-8;7-6(8)5-3-4(9)1-2-10-5/h2*2-3,7,9-10,16H,4-6,8H2,1H3,(H,24,26,30);3-4,7,9,14H,2,5-6,8H2,1H3,(H,19,21,25);6,10H,2-5H2,1H3;1-3,6H,(H2,9,10)/t2*10-;;;/m00.../s1. The summed E-state index contributed by atoms with van der Waals surface area (Å²) in [5.74, 6) is -6.02. The van der Waals surface area contributed by atoms with Crippen LogP contribution in [0.5, 0.6) is 0 Å². The number of nitrogens with zero attached hydrogens (tertiary/aromatic N) is 15. The number of nitrogens with two attached hydrogens (primary N) is 1. The van der Waals surface area contributed by atoms with Crippen molar-refractivity contribution in [3.05, 3.63) is 167 Å². The number of esters is 2. The SMILES string of the molecule is CCOC(=O)c1ncn2c1CN(C(=O)Nc1ccnc(C(F)F)c1)CC2.CCOC(=O)c1ncn2c1CNCC2.C[C@@H](CC(=O)c1ncn2c1CN(C(=O)Nc1ccnc(C(F)F)c1)CC2)C(F)(F)F.C[C@@H](CC(=O)c1ncn2c1CN(C(=O)Nc1ccnc(C(F)F)c1)CC2)C(F)(F)F.Nc1ccnc(C(F)F)c1. The second-order valence-electron chi connectivity index (χ2n) is 24.4. The first-order valence-corrected chi connectivity index (χ1v) is 33.4. The molecule has 110 heavy (non-hydrogen) atoms. The number of ether oxygens (including phenoxy) is 2. The lowest BCUT2D eigenvalue weighted by Crippen LogP contribution is -2.41. The fourth-order valence-corrected chi connectivity index (χ4v) is 10.8. The van der Waals surface area contributed by atoms with E-state index in [9.17, 15) is 95.0 Å². The van der Waals surface area contributed by atoms with E-state index in [1.54, 1.807) is 33.9 Å². The van der Waals surface area contributed by atoms with Gasteiger partial charge in [-0.1, -0.05) is 13.8 Å². The number of urea groups is 3. The Balaban J connectivity index is 0.000000181. The molecular formula is C67H72F14N20O9. The van der Waals surface area contributed by atoms with Crippen LogP contribution in [0.15, 0.2) is 98.6 Å². The van der Waals surface area contributed by atoms with Gasteiger partial charge >= 0.3 is 42.4 Å². The van der Waals surface area contributed by atoms with Gasteiger partial charge in [-0.25, -0.2) is 79.0 Å². The molecule has 0 aromatic carbocycles. The van der Waals surface area contributed by atoms with Crippen LogP contribution in [0.2, 0.25) is 0 Å². The molecule has 0 spiro atoms. The van der Waals surface area contributed by atoms with Gasteiger partial charge in [0.2, 0.25) is 0 Å². The molecule has 0 radical (unpaired) electrons. The Bertz CT molecular complexity index is 4360. The summed E-state index contributed by atoms with van der Waals surface area (Å²) in [6, 6.07) is 8.32. The summed E-state index contributed by atoms with van der Waals surface area (Å²) >= 11 is 0. The molecule has 0 bridgehead atoms. The molecular weight excluding hydrogens is 1490 g/mol. The van der Waals surface area contributed by atoms with E-state index in [2.05, 4.69) is 61.1 Å². The van der Waals surface area contributed by atoms with Crippen LogP contribution < -0.4 is 27.0 Å². The van der Waals surface area contributed by atoms with Crippen LogP contribution >= 0.6 is 0 Å². The number of anilines is 4. The van der Waals surface area contributed by atoms with Crippen LogP contribution in [0.1, 0.15) is 154 Å². The maximum atomic E-state index is 12.8. The van der Waals surface area contributed by atoms with Crippen molar-refractivity contribution in [1.82, 2.24) is 78.2 Å². The molecule has 0 fully saturated rings. The fraction of sp³-hybridized carbons (Fsp3) is 0.418. The number of Topliss-reactive ketones (excluding diaryl/α,β-unsaturated/α-hetero) is 2. The van der Waals surface area contributed by atoms with Gasteiger partial charge in [0.1, 0.15) is 34.2 Å². The number of amides is 6. The molecule has 6 amide bonds. The number of alkyl halides is 14. The smallest absolute Gasteiger partial charge is 0.391 e. The van der Waals surface area contributed by atoms with Gasteiger partial charge in [-0.3, -0.25) is 29.5 Å². The van der Waals surface area contributed by atoms with Gasteiger partial charge in [0.05, 0.1) is 92.8 Å². The Morgan fingerprint density at radius 1 is 0.445 bits per heavy atom. The van der Waals surface area contributed by atoms with Crippen molar-refractivity contribution in [2.24, 2.45) is 11.8 Å². The van der Waals surface area contributed by atoms with Gasteiger partial charge in [-0.2, -0.15) is 26.3 Å². The van der Waals surface area contributed by atoms with E-state index in [1.165, 1.54) is 70.3 Å². The molecule has 4 aliphatic rings. The summed E-state index contributed by atoms with van der Waals surface area (Å²) in [6.07, 6.45) is -10.6. The number of rotatable bonds is 17. The summed E-state index contributed by atoms with van der Waals surface area (Å²) in [4.78, 5) is 120. The maximum absolute atomic E-state index is 12.8. The van der Waals surface area contributed by atoms with Crippen molar-refractivity contribution in [3.8, 4) is 0 Å². The van der Waals surface area contributed by atoms with Gasteiger partial charge in [-0.15, -0.1) is 0 Å². The predicted octanol–water partition coefficient (Wildman–Crippen LogP) is 12.3. The first-order chi connectivity index (χ1) is 52.1. The average Bonchev–Trinajstić information content (AvgIpc) is 1.65. The third-order valence-corrected chi connectivity index (χ3v) is 16.7. The molecule has 4 aliphatic heterocycles. The number of nitrogens with one attached hydrogen (secondary N) is 4. The Kier molecular flexibility index (Phi) is 28.9. The molecule has 12 heterocycles. The highest BCUT2D eigenvalue weighted by Crippen LogP contribution is 2.33. The third kappa shape index (κ3) is 22.7. The van der Waals surface area contributed by atoms with Crippen LogP contribution in [-0.2, 0) is 61.8 Å². The van der Waals surface area contributed by atoms with E-state index >= 15 is 0 Å². The number of ketones is 2. The topological polar surface area (TPSA) is 345 Å². The fourth-order valence-electron chi connectivity index (χ4n) is 10.8. The number of carbonyl (C=O) groups is 7. The molecule has 29 nitrogen and oxygen atoms in total. The minimum Gasteiger partial charge on any atom is -0.461 e. The van der Waals surface area contributed by atoms with Crippen LogP contribution in [-0.4, -0.2) is 166 Å². The number of carbonyl (C=O) groups excluding carboxylic acids is 7. The molecule has 6 N–H and O–H groups in total. The van der Waals surface area contributed by atoms with E-state index in [1.807, 2.05) is 4.57 Å². The minimum atomic E-state index is -4.50. The van der Waals surface area contributed by atoms with Gasteiger partial charge in [0.15, 0.2) is 23.0 Å². The first kappa shape index (κ1) is 83.9. The number of fused-ring (bicyclic) bond motifs is 4. The molecule has 0 aliphatic carbocycles. The number of nitrogen functional groups attached to an aromatic ring is 1. The second kappa shape index (κ2) is 37.9. The molecule has 2 atom stereocenters. The number of aromatic nitrogens is 12. The predicted molar refractivity (Wildman–Crippen MR) is 360 cm³/mol. The minimum absolute atomic E-state index is 0.0555. The zero-order valence-corrected chi connectivity index (χ0v) is 58.8. The highest BCUT2D eigenvalue weighted by Gasteiger charge is 2.40. The first-order valence-electron chi connectivity index (χ1n) is 33.4. The van der Waals surface area contributed by atoms with E-state index in [0.717, 1.165) is 69.3 Å². The molecule has 43 heteroatoms. The summed E-state index contributed by atoms with van der Waals surface area (Å²) in [7, 11) is 0. The van der Waals surface area contributed by atoms with Crippen molar-refractivity contribution in [2.45, 2.75) is 131 Å². The lowest BCUT2D eigenvalue weighted by molar-refractivity contribution is -0.169. The number of halogens is 14. The lowest BCUT2D eigenvalue weighted by Gasteiger charge is -2.29. The van der Waals surface area contributed by atoms with Crippen LogP contribution in [0, 0.1) is 11.8 Å². The highest BCUT2D eigenvalue weighted by molar-refractivity contribution is 5.97. The van der Waals surface area contributed by atoms with Gasteiger partial charge in [0.25, 0.3) is 25.7 Å². The summed E-state index contributed by atoms with van der Waals surface area (Å²) in [5, 5.41) is 10.7. The van der Waals surface area contributed by atoms with E-state index < -0.39 is 115 Å². The summed E-state index contributed by atoms with van der Waals surface area (Å²) in [5.41, 5.74) is 6.92. The Morgan fingerprint density at radius 3 is 1.07 bits per heavy atom. The molecule has 8 aromatic rings. The quantitative estimate of drug-likeness (QED) is 0.0321. The van der Waals surface area contributed by atoms with Crippen LogP contribution in [0.3, 0.4) is 0 Å². The highest BCUT2D eigenvalue weighted by atomic mass is 19.4. The molecule has 0 saturated carbocycles. The summed E-state index contributed by atoms with van der Waals surface area (Å²) < 4.78 is 193. The molecule has 592 valence electrons. The second-order valence-corrected chi connectivity index (χ2v) is 24.4. The number of hydrogen-bond donors (Lipinski definition) is 5. The van der Waals surface area contributed by atoms with E-state index in [-0.39, 0.29) is 98.2 Å². The zero-order valence-electron chi connectivity index (χ0n) is 58.8. The maximum Gasteiger partial charge on any atom is 0.391 e. The monoisotopic (exact) mass is 1570 g/mol.